The Morgan fingerprint density at radius 3 is 2.68 bits per heavy atom. The van der Waals surface area contributed by atoms with Crippen molar-refractivity contribution in [3.05, 3.63) is 0 Å². The number of unbranched alkanes of at least 4 members (excludes halogenated alkanes) is 1. The van der Waals surface area contributed by atoms with Gasteiger partial charge in [-0.2, -0.15) is 4.31 Å². The summed E-state index contributed by atoms with van der Waals surface area (Å²) in [5, 5.41) is 3.13. The second-order valence-corrected chi connectivity index (χ2v) is 8.96. The molecule has 0 aromatic carbocycles. The second-order valence-electron chi connectivity index (χ2n) is 6.92. The molecule has 1 saturated heterocycles. The molecule has 128 valence electrons. The van der Waals surface area contributed by atoms with E-state index < -0.39 is 16.1 Å². The number of carbonyl (C=O) groups excluding carboxylic acids is 1. The zero-order valence-corrected chi connectivity index (χ0v) is 14.7. The van der Waals surface area contributed by atoms with Crippen LogP contribution in [0.5, 0.6) is 0 Å². The number of sulfonamides is 1. The van der Waals surface area contributed by atoms with Crippen LogP contribution in [0.1, 0.15) is 65.2 Å². The van der Waals surface area contributed by atoms with Crippen molar-refractivity contribution < 1.29 is 13.2 Å². The number of rotatable bonds is 6. The van der Waals surface area contributed by atoms with Gasteiger partial charge in [0.25, 0.3) is 0 Å². The summed E-state index contributed by atoms with van der Waals surface area (Å²) in [5.41, 5.74) is 0. The third-order valence-corrected chi connectivity index (χ3v) is 6.86. The predicted molar refractivity (Wildman–Crippen MR) is 88.0 cm³/mol. The summed E-state index contributed by atoms with van der Waals surface area (Å²) in [7, 11) is -3.24. The molecule has 0 bridgehead atoms. The fourth-order valence-electron chi connectivity index (χ4n) is 3.67. The van der Waals surface area contributed by atoms with Crippen molar-refractivity contribution in [1.82, 2.24) is 9.62 Å². The average molecular weight is 330 g/mol. The first-order valence-electron chi connectivity index (χ1n) is 8.74. The smallest absolute Gasteiger partial charge is 0.238 e. The SMILES string of the molecule is CCCCC(C(=O)NC1CCCC(C)C1)N1CCCS1(=O)=O. The number of carbonyl (C=O) groups is 1. The molecule has 22 heavy (non-hydrogen) atoms. The largest absolute Gasteiger partial charge is 0.352 e. The van der Waals surface area contributed by atoms with Crippen LogP contribution in [0.3, 0.4) is 0 Å². The van der Waals surface area contributed by atoms with Gasteiger partial charge in [0.05, 0.1) is 5.75 Å². The third-order valence-electron chi connectivity index (χ3n) is 4.90. The normalized spacial score (nSPS) is 30.1. The van der Waals surface area contributed by atoms with E-state index in [0.717, 1.165) is 32.1 Å². The van der Waals surface area contributed by atoms with Gasteiger partial charge >= 0.3 is 0 Å². The highest BCUT2D eigenvalue weighted by molar-refractivity contribution is 7.89. The molecule has 0 aromatic heterocycles. The van der Waals surface area contributed by atoms with Gasteiger partial charge in [0, 0.05) is 12.6 Å². The summed E-state index contributed by atoms with van der Waals surface area (Å²) in [4.78, 5) is 12.7. The summed E-state index contributed by atoms with van der Waals surface area (Å²) in [6.45, 7) is 4.78. The van der Waals surface area contributed by atoms with Gasteiger partial charge in [-0.25, -0.2) is 8.42 Å². The summed E-state index contributed by atoms with van der Waals surface area (Å²) in [5.74, 6) is 0.741. The molecule has 6 heteroatoms. The van der Waals surface area contributed by atoms with Crippen molar-refractivity contribution in [3.63, 3.8) is 0 Å². The molecule has 1 saturated carbocycles. The van der Waals surface area contributed by atoms with Gasteiger partial charge in [-0.3, -0.25) is 4.79 Å². The van der Waals surface area contributed by atoms with E-state index in [1.54, 1.807) is 0 Å². The molecular formula is C16H30N2O3S. The van der Waals surface area contributed by atoms with Crippen LogP contribution in [0.4, 0.5) is 0 Å². The molecule has 0 radical (unpaired) electrons. The van der Waals surface area contributed by atoms with Gasteiger partial charge in [-0.05, 0) is 31.6 Å². The van der Waals surface area contributed by atoms with Crippen molar-refractivity contribution in [2.45, 2.75) is 77.3 Å². The Bertz CT molecular complexity index is 478. The lowest BCUT2D eigenvalue weighted by Crippen LogP contribution is -2.51. The second kappa shape index (κ2) is 7.77. The Morgan fingerprint density at radius 2 is 2.09 bits per heavy atom. The van der Waals surface area contributed by atoms with Crippen LogP contribution in [-0.4, -0.2) is 43.0 Å². The number of amides is 1. The quantitative estimate of drug-likeness (QED) is 0.812. The summed E-state index contributed by atoms with van der Waals surface area (Å²) < 4.78 is 25.8. The molecule has 3 atom stereocenters. The summed E-state index contributed by atoms with van der Waals surface area (Å²) in [6, 6.07) is -0.296. The highest BCUT2D eigenvalue weighted by Crippen LogP contribution is 2.25. The lowest BCUT2D eigenvalue weighted by Gasteiger charge is -2.31. The molecule has 5 nitrogen and oxygen atoms in total. The first-order chi connectivity index (χ1) is 10.4. The number of nitrogens with zero attached hydrogens (tertiary/aromatic N) is 1. The van der Waals surface area contributed by atoms with E-state index >= 15 is 0 Å². The molecule has 2 rings (SSSR count). The first kappa shape index (κ1) is 17.7. The van der Waals surface area contributed by atoms with E-state index in [9.17, 15) is 13.2 Å². The number of hydrogen-bond donors (Lipinski definition) is 1. The molecule has 0 aromatic rings. The molecule has 3 unspecified atom stereocenters. The van der Waals surface area contributed by atoms with Crippen molar-refractivity contribution in [1.29, 1.82) is 0 Å². The number of hydrogen-bond acceptors (Lipinski definition) is 3. The van der Waals surface area contributed by atoms with E-state index in [4.69, 9.17) is 0 Å². The molecule has 1 heterocycles. The Kier molecular flexibility index (Phi) is 6.26. The van der Waals surface area contributed by atoms with Crippen LogP contribution >= 0.6 is 0 Å². The standard InChI is InChI=1S/C16H30N2O3S/c1-3-4-9-15(18-10-6-11-22(18,20)21)16(19)17-14-8-5-7-13(2)12-14/h13-15H,3-12H2,1-2H3,(H,17,19). The maximum atomic E-state index is 12.7. The van der Waals surface area contributed by atoms with Crippen LogP contribution in [0.2, 0.25) is 0 Å². The van der Waals surface area contributed by atoms with Crippen molar-refractivity contribution in [3.8, 4) is 0 Å². The highest BCUT2D eigenvalue weighted by Gasteiger charge is 2.38. The Labute approximate surface area is 134 Å². The van der Waals surface area contributed by atoms with Gasteiger partial charge < -0.3 is 5.32 Å². The van der Waals surface area contributed by atoms with E-state index in [2.05, 4.69) is 19.2 Å². The van der Waals surface area contributed by atoms with Gasteiger partial charge in [0.2, 0.25) is 15.9 Å². The Morgan fingerprint density at radius 1 is 1.32 bits per heavy atom. The molecule has 1 aliphatic heterocycles. The topological polar surface area (TPSA) is 66.5 Å². The van der Waals surface area contributed by atoms with Crippen LogP contribution in [0, 0.1) is 5.92 Å². The maximum absolute atomic E-state index is 12.7. The molecule has 2 aliphatic rings. The van der Waals surface area contributed by atoms with Gasteiger partial charge in [-0.1, -0.05) is 39.5 Å². The molecular weight excluding hydrogens is 300 g/mol. The van der Waals surface area contributed by atoms with Gasteiger partial charge in [0.15, 0.2) is 0 Å². The minimum Gasteiger partial charge on any atom is -0.352 e. The maximum Gasteiger partial charge on any atom is 0.238 e. The van der Waals surface area contributed by atoms with E-state index in [1.807, 2.05) is 0 Å². The lowest BCUT2D eigenvalue weighted by molar-refractivity contribution is -0.126. The monoisotopic (exact) mass is 330 g/mol. The molecule has 2 fully saturated rings. The minimum atomic E-state index is -3.24. The molecule has 1 aliphatic carbocycles. The summed E-state index contributed by atoms with van der Waals surface area (Å²) >= 11 is 0. The average Bonchev–Trinajstić information content (AvgIpc) is 2.79. The van der Waals surface area contributed by atoms with E-state index in [-0.39, 0.29) is 17.7 Å². The molecule has 1 N–H and O–H groups in total. The Balaban J connectivity index is 2.02. The van der Waals surface area contributed by atoms with Crippen molar-refractivity contribution >= 4 is 15.9 Å². The molecule has 0 spiro atoms. The fraction of sp³-hybridized carbons (Fsp3) is 0.938. The van der Waals surface area contributed by atoms with E-state index in [0.29, 0.717) is 25.3 Å². The highest BCUT2D eigenvalue weighted by atomic mass is 32.2. The van der Waals surface area contributed by atoms with Crippen LogP contribution in [-0.2, 0) is 14.8 Å². The van der Waals surface area contributed by atoms with Gasteiger partial charge in [-0.15, -0.1) is 0 Å². The van der Waals surface area contributed by atoms with Crippen LogP contribution in [0.25, 0.3) is 0 Å². The number of nitrogens with one attached hydrogen (secondary N) is 1. The minimum absolute atomic E-state index is 0.0852. The first-order valence-corrected chi connectivity index (χ1v) is 10.3. The fourth-order valence-corrected chi connectivity index (χ4v) is 5.40. The van der Waals surface area contributed by atoms with Crippen LogP contribution < -0.4 is 5.32 Å². The van der Waals surface area contributed by atoms with E-state index in [1.165, 1.54) is 10.7 Å². The summed E-state index contributed by atoms with van der Waals surface area (Å²) in [6.07, 6.45) is 7.52. The van der Waals surface area contributed by atoms with Gasteiger partial charge in [0.1, 0.15) is 6.04 Å². The van der Waals surface area contributed by atoms with Crippen molar-refractivity contribution in [2.75, 3.05) is 12.3 Å². The van der Waals surface area contributed by atoms with Crippen LogP contribution in [0.15, 0.2) is 0 Å². The predicted octanol–water partition coefficient (Wildman–Crippen LogP) is 2.28. The zero-order valence-electron chi connectivity index (χ0n) is 13.9. The van der Waals surface area contributed by atoms with Crippen molar-refractivity contribution in [2.24, 2.45) is 5.92 Å². The Hall–Kier alpha value is -0.620. The lowest BCUT2D eigenvalue weighted by atomic mass is 9.87. The zero-order chi connectivity index (χ0) is 16.2. The molecule has 1 amide bonds. The third kappa shape index (κ3) is 4.44.